The Morgan fingerprint density at radius 1 is 0.500 bits per heavy atom. The van der Waals surface area contributed by atoms with Gasteiger partial charge in [0.2, 0.25) is 0 Å². The normalized spacial score (nSPS) is 10.9. The summed E-state index contributed by atoms with van der Waals surface area (Å²) < 4.78 is 0. The maximum atomic E-state index is 5.76. The minimum Gasteiger partial charge on any atom is -0.330 e. The molecule has 0 spiro atoms. The van der Waals surface area contributed by atoms with E-state index in [-0.39, 0.29) is 0 Å². The molecule has 36 heavy (non-hydrogen) atoms. The number of benzene rings is 3. The minimum absolute atomic E-state index is 0.648. The summed E-state index contributed by atoms with van der Waals surface area (Å²) in [4.78, 5) is 9.13. The van der Waals surface area contributed by atoms with E-state index < -0.39 is 0 Å². The first-order valence-corrected chi connectivity index (χ1v) is 12.6. The zero-order valence-electron chi connectivity index (χ0n) is 20.7. The molecule has 5 aromatic rings. The number of nitrogens with zero attached hydrogens (tertiary/aromatic N) is 2. The highest BCUT2D eigenvalue weighted by molar-refractivity contribution is 5.78. The van der Waals surface area contributed by atoms with Gasteiger partial charge in [0, 0.05) is 47.0 Å². The van der Waals surface area contributed by atoms with Crippen LogP contribution >= 0.6 is 0 Å². The maximum absolute atomic E-state index is 5.76. The quantitative estimate of drug-likeness (QED) is 0.255. The Morgan fingerprint density at radius 3 is 1.33 bits per heavy atom. The van der Waals surface area contributed by atoms with E-state index in [0.717, 1.165) is 58.2 Å². The van der Waals surface area contributed by atoms with Gasteiger partial charge in [0.15, 0.2) is 0 Å². The maximum Gasteiger partial charge on any atom is 0.0346 e. The van der Waals surface area contributed by atoms with Crippen molar-refractivity contribution in [2.75, 3.05) is 6.54 Å². The molecule has 0 radical (unpaired) electrons. The van der Waals surface area contributed by atoms with E-state index in [1.807, 2.05) is 24.8 Å². The van der Waals surface area contributed by atoms with Gasteiger partial charge in [-0.25, -0.2) is 0 Å². The van der Waals surface area contributed by atoms with Gasteiger partial charge in [-0.1, -0.05) is 80.1 Å². The van der Waals surface area contributed by atoms with Crippen molar-refractivity contribution in [1.29, 1.82) is 0 Å². The fourth-order valence-electron chi connectivity index (χ4n) is 4.66. The van der Waals surface area contributed by atoms with E-state index in [1.165, 1.54) is 16.7 Å². The van der Waals surface area contributed by atoms with Gasteiger partial charge in [0.1, 0.15) is 0 Å². The van der Waals surface area contributed by atoms with E-state index in [9.17, 15) is 0 Å². The highest BCUT2D eigenvalue weighted by Crippen LogP contribution is 2.31. The number of pyridine rings is 2. The summed E-state index contributed by atoms with van der Waals surface area (Å²) in [6.07, 6.45) is 10.9. The number of hydrogen-bond donors (Lipinski definition) is 1. The number of rotatable bonds is 8. The largest absolute Gasteiger partial charge is 0.330 e. The lowest BCUT2D eigenvalue weighted by Gasteiger charge is -2.10. The van der Waals surface area contributed by atoms with Gasteiger partial charge in [0.25, 0.3) is 0 Å². The molecule has 0 aliphatic heterocycles. The molecule has 3 nitrogen and oxygen atoms in total. The van der Waals surface area contributed by atoms with Crippen molar-refractivity contribution in [3.8, 4) is 44.5 Å². The van der Waals surface area contributed by atoms with E-state index in [1.54, 1.807) is 0 Å². The third-order valence-corrected chi connectivity index (χ3v) is 6.50. The second-order valence-electron chi connectivity index (χ2n) is 9.19. The highest BCUT2D eigenvalue weighted by Gasteiger charge is 2.08. The predicted molar refractivity (Wildman–Crippen MR) is 151 cm³/mol. The lowest BCUT2D eigenvalue weighted by atomic mass is 9.96. The molecule has 3 heteroatoms. The molecule has 0 amide bonds. The molecule has 0 fully saturated rings. The fraction of sp³-hybridized carbons (Fsp3) is 0.152. The first-order valence-electron chi connectivity index (χ1n) is 12.6. The molecule has 0 atom stereocenters. The SMILES string of the molecule is CCCc1cccc(-c2cncc(-c3cccc(-c4cncc(-c5cccc(CCN)c5)c4)c3)c2)c1. The molecule has 2 heterocycles. The Labute approximate surface area is 213 Å². The van der Waals surface area contributed by atoms with Crippen LogP contribution < -0.4 is 5.73 Å². The van der Waals surface area contributed by atoms with Crippen molar-refractivity contribution in [3.05, 3.63) is 121 Å². The fourth-order valence-corrected chi connectivity index (χ4v) is 4.66. The Bertz CT molecular complexity index is 1360. The third-order valence-electron chi connectivity index (χ3n) is 6.50. The molecule has 2 aromatic heterocycles. The van der Waals surface area contributed by atoms with Crippen LogP contribution in [0.4, 0.5) is 0 Å². The molecule has 5 rings (SSSR count). The average Bonchev–Trinajstić information content (AvgIpc) is 2.94. The van der Waals surface area contributed by atoms with Crippen molar-refractivity contribution < 1.29 is 0 Å². The Balaban J connectivity index is 1.46. The monoisotopic (exact) mass is 469 g/mol. The molecule has 2 N–H and O–H groups in total. The summed E-state index contributed by atoms with van der Waals surface area (Å²) in [5.74, 6) is 0. The van der Waals surface area contributed by atoms with Crippen molar-refractivity contribution in [2.24, 2.45) is 5.73 Å². The molecular weight excluding hydrogens is 438 g/mol. The lowest BCUT2D eigenvalue weighted by molar-refractivity contribution is 0.922. The molecule has 0 saturated carbocycles. The van der Waals surface area contributed by atoms with Crippen LogP contribution in [0.2, 0.25) is 0 Å². The van der Waals surface area contributed by atoms with Gasteiger partial charge in [-0.2, -0.15) is 0 Å². The first-order chi connectivity index (χ1) is 17.7. The lowest BCUT2D eigenvalue weighted by Crippen LogP contribution is -2.02. The van der Waals surface area contributed by atoms with Crippen LogP contribution in [0, 0.1) is 0 Å². The van der Waals surface area contributed by atoms with E-state index in [0.29, 0.717) is 6.54 Å². The van der Waals surface area contributed by atoms with Gasteiger partial charge in [-0.15, -0.1) is 0 Å². The second-order valence-corrected chi connectivity index (χ2v) is 9.19. The van der Waals surface area contributed by atoms with Crippen molar-refractivity contribution in [1.82, 2.24) is 9.97 Å². The van der Waals surface area contributed by atoms with Crippen molar-refractivity contribution in [3.63, 3.8) is 0 Å². The van der Waals surface area contributed by atoms with Gasteiger partial charge in [-0.05, 0) is 71.0 Å². The van der Waals surface area contributed by atoms with Crippen LogP contribution in [0.15, 0.2) is 110 Å². The van der Waals surface area contributed by atoms with Crippen LogP contribution in [0.25, 0.3) is 44.5 Å². The smallest absolute Gasteiger partial charge is 0.0346 e. The van der Waals surface area contributed by atoms with Gasteiger partial charge in [-0.3, -0.25) is 9.97 Å². The Hall–Kier alpha value is -4.08. The molecule has 178 valence electrons. The number of aromatic nitrogens is 2. The summed E-state index contributed by atoms with van der Waals surface area (Å²) in [5, 5.41) is 0. The van der Waals surface area contributed by atoms with E-state index in [4.69, 9.17) is 5.73 Å². The van der Waals surface area contributed by atoms with Crippen LogP contribution in [0.5, 0.6) is 0 Å². The summed E-state index contributed by atoms with van der Waals surface area (Å²) in [7, 11) is 0. The molecule has 0 aliphatic carbocycles. The first kappa shape index (κ1) is 23.7. The number of hydrogen-bond acceptors (Lipinski definition) is 3. The zero-order valence-corrected chi connectivity index (χ0v) is 20.7. The van der Waals surface area contributed by atoms with Crippen LogP contribution in [-0.4, -0.2) is 16.5 Å². The Morgan fingerprint density at radius 2 is 0.889 bits per heavy atom. The van der Waals surface area contributed by atoms with Gasteiger partial charge < -0.3 is 5.73 Å². The standard InChI is InChI=1S/C33H31N3/c1-2-6-24-7-3-9-26(15-24)30-18-32(22-35-20-30)28-11-5-12-29(17-28)33-19-31(21-36-23-33)27-10-4-8-25(16-27)13-14-34/h3-5,7-12,15-23H,2,6,13-14,34H2,1H3. The molecule has 0 unspecified atom stereocenters. The van der Waals surface area contributed by atoms with Crippen LogP contribution in [0.3, 0.4) is 0 Å². The van der Waals surface area contributed by atoms with E-state index in [2.05, 4.69) is 102 Å². The van der Waals surface area contributed by atoms with Crippen molar-refractivity contribution in [2.45, 2.75) is 26.2 Å². The topological polar surface area (TPSA) is 51.8 Å². The van der Waals surface area contributed by atoms with Crippen LogP contribution in [-0.2, 0) is 12.8 Å². The highest BCUT2D eigenvalue weighted by atomic mass is 14.6. The number of nitrogens with two attached hydrogens (primary N) is 1. The molecule has 0 aliphatic rings. The van der Waals surface area contributed by atoms with Crippen molar-refractivity contribution >= 4 is 0 Å². The van der Waals surface area contributed by atoms with Gasteiger partial charge >= 0.3 is 0 Å². The minimum atomic E-state index is 0.648. The molecule has 0 saturated heterocycles. The predicted octanol–water partition coefficient (Wildman–Crippen LogP) is 7.60. The third kappa shape index (κ3) is 5.42. The summed E-state index contributed by atoms with van der Waals surface area (Å²) >= 11 is 0. The average molecular weight is 470 g/mol. The Kier molecular flexibility index (Phi) is 7.30. The summed E-state index contributed by atoms with van der Waals surface area (Å²) in [6, 6.07) is 30.4. The summed E-state index contributed by atoms with van der Waals surface area (Å²) in [5.41, 5.74) is 17.4. The molecular formula is C33H31N3. The molecule has 3 aromatic carbocycles. The number of aryl methyl sites for hydroxylation is 1. The second kappa shape index (κ2) is 11.1. The zero-order chi connectivity index (χ0) is 24.7. The van der Waals surface area contributed by atoms with Crippen LogP contribution in [0.1, 0.15) is 24.5 Å². The summed E-state index contributed by atoms with van der Waals surface area (Å²) in [6.45, 7) is 2.86. The van der Waals surface area contributed by atoms with Gasteiger partial charge in [0.05, 0.1) is 0 Å². The molecule has 0 bridgehead atoms. The van der Waals surface area contributed by atoms with E-state index >= 15 is 0 Å².